The summed E-state index contributed by atoms with van der Waals surface area (Å²) in [6.07, 6.45) is 7.42. The summed E-state index contributed by atoms with van der Waals surface area (Å²) in [5.74, 6) is 0. The Hall–Kier alpha value is -2.96. The van der Waals surface area contributed by atoms with Crippen molar-refractivity contribution in [3.05, 3.63) is 66.3 Å². The molecule has 5 rings (SSSR count). The Morgan fingerprint density at radius 2 is 1.66 bits per heavy atom. The van der Waals surface area contributed by atoms with Crippen molar-refractivity contribution < 1.29 is 0 Å². The van der Waals surface area contributed by atoms with Crippen molar-refractivity contribution in [2.45, 2.75) is 0 Å². The third-order valence-corrected chi connectivity index (χ3v) is 5.67. The zero-order valence-corrected chi connectivity index (χ0v) is 16.9. The highest BCUT2D eigenvalue weighted by atomic mass is 35.5. The molecule has 0 aliphatic carbocycles. The summed E-state index contributed by atoms with van der Waals surface area (Å²) in [6.45, 7) is 4.34. The minimum atomic E-state index is 0.457. The van der Waals surface area contributed by atoms with E-state index in [9.17, 15) is 0 Å². The van der Waals surface area contributed by atoms with Crippen LogP contribution in [0.2, 0.25) is 5.15 Å². The van der Waals surface area contributed by atoms with Crippen LogP contribution < -0.4 is 4.90 Å². The van der Waals surface area contributed by atoms with E-state index in [0.29, 0.717) is 5.15 Å². The maximum atomic E-state index is 6.03. The molecule has 1 aromatic carbocycles. The molecular weight excluding hydrogens is 384 g/mol. The second-order valence-electron chi connectivity index (χ2n) is 7.37. The zero-order chi connectivity index (χ0) is 19.8. The number of pyridine rings is 1. The first-order chi connectivity index (χ1) is 14.2. The van der Waals surface area contributed by atoms with Crippen LogP contribution in [0, 0.1) is 0 Å². The van der Waals surface area contributed by atoms with Gasteiger partial charge in [-0.05, 0) is 42.4 Å². The Labute approximate surface area is 174 Å². The van der Waals surface area contributed by atoms with E-state index in [4.69, 9.17) is 11.6 Å². The van der Waals surface area contributed by atoms with Gasteiger partial charge in [-0.1, -0.05) is 23.7 Å². The number of hydrogen-bond donors (Lipinski definition) is 0. The van der Waals surface area contributed by atoms with Gasteiger partial charge >= 0.3 is 0 Å². The van der Waals surface area contributed by atoms with Gasteiger partial charge in [0.15, 0.2) is 5.65 Å². The number of anilines is 1. The van der Waals surface area contributed by atoms with Crippen LogP contribution in [0.15, 0.2) is 61.2 Å². The normalized spacial score (nSPS) is 15.2. The molecule has 1 saturated heterocycles. The lowest BCUT2D eigenvalue weighted by Crippen LogP contribution is -2.44. The monoisotopic (exact) mass is 404 g/mol. The van der Waals surface area contributed by atoms with Crippen molar-refractivity contribution in [3.63, 3.8) is 0 Å². The first kappa shape index (κ1) is 18.1. The van der Waals surface area contributed by atoms with Crippen LogP contribution >= 0.6 is 11.6 Å². The van der Waals surface area contributed by atoms with E-state index in [1.54, 1.807) is 6.20 Å². The van der Waals surface area contributed by atoms with E-state index in [1.165, 1.54) is 5.69 Å². The summed E-state index contributed by atoms with van der Waals surface area (Å²) >= 11 is 6.03. The number of piperazine rings is 1. The molecule has 0 radical (unpaired) electrons. The molecule has 0 saturated carbocycles. The lowest BCUT2D eigenvalue weighted by atomic mass is 10.1. The largest absolute Gasteiger partial charge is 0.369 e. The molecule has 0 N–H and O–H groups in total. The standard InChI is InChI=1S/C22H21ClN6/c1-27-8-10-28(11-9-27)19-4-2-16(3-5-19)18-13-25-22-20(14-26-29(22)15-18)17-6-7-24-21(23)12-17/h2-7,12-15H,8-11H2,1H3. The summed E-state index contributed by atoms with van der Waals surface area (Å²) in [4.78, 5) is 13.5. The first-order valence-electron chi connectivity index (χ1n) is 9.67. The van der Waals surface area contributed by atoms with Crippen molar-refractivity contribution in [3.8, 4) is 22.3 Å². The highest BCUT2D eigenvalue weighted by Crippen LogP contribution is 2.27. The molecule has 0 amide bonds. The quantitative estimate of drug-likeness (QED) is 0.485. The molecule has 146 valence electrons. The minimum absolute atomic E-state index is 0.457. The third-order valence-electron chi connectivity index (χ3n) is 5.46. The molecule has 1 aliphatic heterocycles. The number of fused-ring (bicyclic) bond motifs is 1. The fraction of sp³-hybridized carbons (Fsp3) is 0.227. The number of halogens is 1. The molecular formula is C22H21ClN6. The molecule has 0 spiro atoms. The lowest BCUT2D eigenvalue weighted by molar-refractivity contribution is 0.313. The Balaban J connectivity index is 1.42. The van der Waals surface area contributed by atoms with E-state index in [1.807, 2.05) is 35.2 Å². The smallest absolute Gasteiger partial charge is 0.162 e. The molecule has 1 fully saturated rings. The van der Waals surface area contributed by atoms with Crippen LogP contribution in [-0.2, 0) is 0 Å². The predicted octanol–water partition coefficient (Wildman–Crippen LogP) is 3.86. The molecule has 29 heavy (non-hydrogen) atoms. The van der Waals surface area contributed by atoms with Gasteiger partial charge in [0.1, 0.15) is 5.15 Å². The summed E-state index contributed by atoms with van der Waals surface area (Å²) in [6, 6.07) is 12.4. The van der Waals surface area contributed by atoms with E-state index in [2.05, 4.69) is 56.2 Å². The second-order valence-corrected chi connectivity index (χ2v) is 7.76. The average molecular weight is 405 g/mol. The van der Waals surface area contributed by atoms with E-state index < -0.39 is 0 Å². The van der Waals surface area contributed by atoms with Gasteiger partial charge in [0.05, 0.1) is 6.20 Å². The van der Waals surface area contributed by atoms with Crippen molar-refractivity contribution in [1.29, 1.82) is 0 Å². The molecule has 4 heterocycles. The molecule has 0 atom stereocenters. The maximum Gasteiger partial charge on any atom is 0.162 e. The van der Waals surface area contributed by atoms with Crippen LogP contribution in [0.25, 0.3) is 27.9 Å². The maximum absolute atomic E-state index is 6.03. The average Bonchev–Trinajstić information content (AvgIpc) is 3.18. The zero-order valence-electron chi connectivity index (χ0n) is 16.2. The summed E-state index contributed by atoms with van der Waals surface area (Å²) in [5, 5.41) is 4.94. The fourth-order valence-electron chi connectivity index (χ4n) is 3.73. The molecule has 3 aromatic heterocycles. The van der Waals surface area contributed by atoms with Crippen LogP contribution in [0.1, 0.15) is 0 Å². The van der Waals surface area contributed by atoms with Gasteiger partial charge in [0, 0.05) is 61.6 Å². The molecule has 1 aliphatic rings. The van der Waals surface area contributed by atoms with Gasteiger partial charge < -0.3 is 9.80 Å². The highest BCUT2D eigenvalue weighted by molar-refractivity contribution is 6.29. The Bertz CT molecular complexity index is 1150. The number of hydrogen-bond acceptors (Lipinski definition) is 5. The molecule has 7 heteroatoms. The predicted molar refractivity (Wildman–Crippen MR) is 116 cm³/mol. The fourth-order valence-corrected chi connectivity index (χ4v) is 3.90. The lowest BCUT2D eigenvalue weighted by Gasteiger charge is -2.34. The highest BCUT2D eigenvalue weighted by Gasteiger charge is 2.14. The van der Waals surface area contributed by atoms with Crippen LogP contribution in [0.5, 0.6) is 0 Å². The number of likely N-dealkylation sites (N-methyl/N-ethyl adjacent to an activating group) is 1. The van der Waals surface area contributed by atoms with Crippen LogP contribution in [-0.4, -0.2) is 57.7 Å². The number of rotatable bonds is 3. The Kier molecular flexibility index (Phi) is 4.66. The van der Waals surface area contributed by atoms with Crippen molar-refractivity contribution in [1.82, 2.24) is 24.5 Å². The van der Waals surface area contributed by atoms with Crippen LogP contribution in [0.3, 0.4) is 0 Å². The molecule has 0 unspecified atom stereocenters. The van der Waals surface area contributed by atoms with Gasteiger partial charge in [-0.25, -0.2) is 14.5 Å². The first-order valence-corrected chi connectivity index (χ1v) is 10.0. The van der Waals surface area contributed by atoms with Gasteiger partial charge in [-0.3, -0.25) is 0 Å². The minimum Gasteiger partial charge on any atom is -0.369 e. The summed E-state index contributed by atoms with van der Waals surface area (Å²) in [7, 11) is 2.17. The number of aromatic nitrogens is 4. The Morgan fingerprint density at radius 1 is 0.862 bits per heavy atom. The molecule has 6 nitrogen and oxygen atoms in total. The van der Waals surface area contributed by atoms with Gasteiger partial charge in [-0.2, -0.15) is 5.10 Å². The van der Waals surface area contributed by atoms with Crippen molar-refractivity contribution in [2.75, 3.05) is 38.1 Å². The van der Waals surface area contributed by atoms with Crippen LogP contribution in [0.4, 0.5) is 5.69 Å². The van der Waals surface area contributed by atoms with Gasteiger partial charge in [0.25, 0.3) is 0 Å². The Morgan fingerprint density at radius 3 is 2.41 bits per heavy atom. The number of benzene rings is 1. The van der Waals surface area contributed by atoms with E-state index in [0.717, 1.165) is 54.1 Å². The van der Waals surface area contributed by atoms with Crippen molar-refractivity contribution in [2.24, 2.45) is 0 Å². The van der Waals surface area contributed by atoms with Gasteiger partial charge in [-0.15, -0.1) is 0 Å². The third kappa shape index (κ3) is 3.57. The van der Waals surface area contributed by atoms with E-state index in [-0.39, 0.29) is 0 Å². The molecule has 0 bridgehead atoms. The summed E-state index contributed by atoms with van der Waals surface area (Å²) in [5.41, 5.74) is 6.12. The number of nitrogens with zero attached hydrogens (tertiary/aromatic N) is 6. The van der Waals surface area contributed by atoms with Gasteiger partial charge in [0.2, 0.25) is 0 Å². The van der Waals surface area contributed by atoms with E-state index >= 15 is 0 Å². The topological polar surface area (TPSA) is 49.6 Å². The second kappa shape index (κ2) is 7.46. The summed E-state index contributed by atoms with van der Waals surface area (Å²) < 4.78 is 1.81. The SMILES string of the molecule is CN1CCN(c2ccc(-c3cnc4c(-c5ccnc(Cl)c5)cnn4c3)cc2)CC1. The van der Waals surface area contributed by atoms with Crippen molar-refractivity contribution >= 4 is 22.9 Å². The molecule has 4 aromatic rings.